The second-order valence-corrected chi connectivity index (χ2v) is 6.92. The first kappa shape index (κ1) is 16.3. The van der Waals surface area contributed by atoms with Crippen LogP contribution in [0.2, 0.25) is 0 Å². The maximum atomic E-state index is 5.34. The highest BCUT2D eigenvalue weighted by Crippen LogP contribution is 2.29. The van der Waals surface area contributed by atoms with E-state index in [1.54, 1.807) is 0 Å². The van der Waals surface area contributed by atoms with Gasteiger partial charge in [-0.15, -0.1) is 0 Å². The molecule has 0 heterocycles. The second kappa shape index (κ2) is 7.75. The molecule has 1 rings (SSSR count). The molecule has 0 aliphatic heterocycles. The number of thioether (sulfide) groups is 1. The van der Waals surface area contributed by atoms with Gasteiger partial charge in [0.1, 0.15) is 0 Å². The van der Waals surface area contributed by atoms with E-state index in [0.29, 0.717) is 5.11 Å². The molecule has 0 aliphatic carbocycles. The molecule has 0 amide bonds. The molecule has 1 aromatic rings. The zero-order valence-electron chi connectivity index (χ0n) is 12.2. The zero-order valence-corrected chi connectivity index (χ0v) is 13.9. The van der Waals surface area contributed by atoms with Gasteiger partial charge in [-0.05, 0) is 47.7 Å². The number of rotatable bonds is 5. The molecule has 0 fully saturated rings. The molecule has 2 N–H and O–H groups in total. The van der Waals surface area contributed by atoms with Crippen LogP contribution in [0.5, 0.6) is 0 Å². The molecule has 106 valence electrons. The van der Waals surface area contributed by atoms with Crippen LogP contribution in [0.15, 0.2) is 24.3 Å². The van der Waals surface area contributed by atoms with Crippen molar-refractivity contribution in [2.24, 2.45) is 0 Å². The Morgan fingerprint density at radius 2 is 1.95 bits per heavy atom. The number of para-hydroxylation sites is 1. The lowest BCUT2D eigenvalue weighted by Gasteiger charge is -2.23. The van der Waals surface area contributed by atoms with Crippen LogP contribution in [-0.4, -0.2) is 23.7 Å². The summed E-state index contributed by atoms with van der Waals surface area (Å²) in [4.78, 5) is 0. The van der Waals surface area contributed by atoms with E-state index in [1.165, 1.54) is 5.56 Å². The van der Waals surface area contributed by atoms with E-state index in [-0.39, 0.29) is 5.41 Å². The van der Waals surface area contributed by atoms with Gasteiger partial charge >= 0.3 is 0 Å². The van der Waals surface area contributed by atoms with Crippen molar-refractivity contribution >= 4 is 34.8 Å². The summed E-state index contributed by atoms with van der Waals surface area (Å²) in [6, 6.07) is 8.34. The molecule has 0 aliphatic rings. The van der Waals surface area contributed by atoms with E-state index in [4.69, 9.17) is 12.2 Å². The van der Waals surface area contributed by atoms with Crippen molar-refractivity contribution < 1.29 is 0 Å². The fraction of sp³-hybridized carbons (Fsp3) is 0.533. The van der Waals surface area contributed by atoms with Crippen molar-refractivity contribution in [3.63, 3.8) is 0 Å². The first-order valence-corrected chi connectivity index (χ1v) is 8.38. The van der Waals surface area contributed by atoms with Crippen LogP contribution in [0.1, 0.15) is 32.8 Å². The van der Waals surface area contributed by atoms with Crippen LogP contribution in [0.4, 0.5) is 5.69 Å². The summed E-state index contributed by atoms with van der Waals surface area (Å²) in [5, 5.41) is 7.27. The summed E-state index contributed by atoms with van der Waals surface area (Å²) in [5.74, 6) is 1.16. The van der Waals surface area contributed by atoms with Crippen LogP contribution in [0, 0.1) is 0 Å². The largest absolute Gasteiger partial charge is 0.362 e. The normalized spacial score (nSPS) is 11.2. The Hall–Kier alpha value is -0.740. The summed E-state index contributed by atoms with van der Waals surface area (Å²) >= 11 is 7.20. The minimum Gasteiger partial charge on any atom is -0.362 e. The molecule has 0 radical (unpaired) electrons. The van der Waals surface area contributed by atoms with E-state index in [1.807, 2.05) is 17.8 Å². The van der Waals surface area contributed by atoms with E-state index < -0.39 is 0 Å². The maximum absolute atomic E-state index is 5.34. The van der Waals surface area contributed by atoms with Gasteiger partial charge in [-0.3, -0.25) is 0 Å². The van der Waals surface area contributed by atoms with Crippen LogP contribution in [0.25, 0.3) is 0 Å². The summed E-state index contributed by atoms with van der Waals surface area (Å²) in [6.45, 7) is 7.55. The molecule has 19 heavy (non-hydrogen) atoms. The molecular weight excluding hydrogens is 272 g/mol. The fourth-order valence-electron chi connectivity index (χ4n) is 1.83. The first-order valence-electron chi connectivity index (χ1n) is 6.58. The van der Waals surface area contributed by atoms with Crippen molar-refractivity contribution in [1.82, 2.24) is 5.32 Å². The van der Waals surface area contributed by atoms with Gasteiger partial charge in [0.2, 0.25) is 0 Å². The lowest BCUT2D eigenvalue weighted by atomic mass is 9.86. The Morgan fingerprint density at radius 3 is 2.58 bits per heavy atom. The minimum atomic E-state index is 0.109. The van der Waals surface area contributed by atoms with E-state index in [9.17, 15) is 0 Å². The predicted molar refractivity (Wildman–Crippen MR) is 92.4 cm³/mol. The zero-order chi connectivity index (χ0) is 14.3. The Labute approximate surface area is 126 Å². The van der Waals surface area contributed by atoms with E-state index in [0.717, 1.165) is 24.4 Å². The van der Waals surface area contributed by atoms with Gasteiger partial charge in [0, 0.05) is 12.2 Å². The minimum absolute atomic E-state index is 0.109. The molecular formula is C15H24N2S2. The molecule has 4 heteroatoms. The standard InChI is InChI=1S/C15H24N2S2/c1-15(2,3)12-8-5-6-9-13(12)17-14(18)16-10-7-11-19-4/h5-6,8-9H,7,10-11H2,1-4H3,(H2,16,17,18). The Bertz CT molecular complexity index is 411. The Kier molecular flexibility index (Phi) is 6.66. The van der Waals surface area contributed by atoms with Gasteiger partial charge in [-0.2, -0.15) is 11.8 Å². The first-order chi connectivity index (χ1) is 8.95. The van der Waals surface area contributed by atoms with Crippen LogP contribution < -0.4 is 10.6 Å². The van der Waals surface area contributed by atoms with Crippen molar-refractivity contribution in [1.29, 1.82) is 0 Å². The van der Waals surface area contributed by atoms with Crippen molar-refractivity contribution in [2.45, 2.75) is 32.6 Å². The molecule has 1 aromatic carbocycles. The number of hydrogen-bond donors (Lipinski definition) is 2. The van der Waals surface area contributed by atoms with Gasteiger partial charge in [0.05, 0.1) is 0 Å². The average Bonchev–Trinajstić information content (AvgIpc) is 2.34. The molecule has 2 nitrogen and oxygen atoms in total. The SMILES string of the molecule is CSCCCNC(=S)Nc1ccccc1C(C)(C)C. The Balaban J connectivity index is 2.59. The quantitative estimate of drug-likeness (QED) is 0.633. The van der Waals surface area contributed by atoms with Crippen LogP contribution in [-0.2, 0) is 5.41 Å². The summed E-state index contributed by atoms with van der Waals surface area (Å²) < 4.78 is 0. The molecule has 0 atom stereocenters. The van der Waals surface area contributed by atoms with Crippen LogP contribution >= 0.6 is 24.0 Å². The molecule has 0 spiro atoms. The molecule has 0 aromatic heterocycles. The highest BCUT2D eigenvalue weighted by molar-refractivity contribution is 7.98. The van der Waals surface area contributed by atoms with Crippen molar-refractivity contribution in [2.75, 3.05) is 23.9 Å². The molecule has 0 unspecified atom stereocenters. The van der Waals surface area contributed by atoms with Gasteiger partial charge in [-0.25, -0.2) is 0 Å². The number of benzene rings is 1. The smallest absolute Gasteiger partial charge is 0.170 e. The molecule has 0 saturated heterocycles. The van der Waals surface area contributed by atoms with Gasteiger partial charge < -0.3 is 10.6 Å². The average molecular weight is 297 g/mol. The maximum Gasteiger partial charge on any atom is 0.170 e. The third kappa shape index (κ3) is 5.83. The summed E-state index contributed by atoms with van der Waals surface area (Å²) in [5.41, 5.74) is 2.48. The van der Waals surface area contributed by atoms with Crippen LogP contribution in [0.3, 0.4) is 0 Å². The number of thiocarbonyl (C=S) groups is 1. The third-order valence-corrected chi connectivity index (χ3v) is 3.74. The van der Waals surface area contributed by atoms with E-state index in [2.05, 4.69) is 55.9 Å². The predicted octanol–water partition coefficient (Wildman–Crippen LogP) is 4.02. The number of nitrogens with one attached hydrogen (secondary N) is 2. The van der Waals surface area contributed by atoms with Crippen molar-refractivity contribution in [3.05, 3.63) is 29.8 Å². The number of hydrogen-bond acceptors (Lipinski definition) is 2. The highest BCUT2D eigenvalue weighted by atomic mass is 32.2. The topological polar surface area (TPSA) is 24.1 Å². The Morgan fingerprint density at radius 1 is 1.26 bits per heavy atom. The van der Waals surface area contributed by atoms with E-state index >= 15 is 0 Å². The summed E-state index contributed by atoms with van der Waals surface area (Å²) in [7, 11) is 0. The van der Waals surface area contributed by atoms with Gasteiger partial charge in [-0.1, -0.05) is 39.0 Å². The lowest BCUT2D eigenvalue weighted by molar-refractivity contribution is 0.592. The second-order valence-electron chi connectivity index (χ2n) is 5.52. The lowest BCUT2D eigenvalue weighted by Crippen LogP contribution is -2.30. The third-order valence-electron chi connectivity index (χ3n) is 2.79. The van der Waals surface area contributed by atoms with Gasteiger partial charge in [0.25, 0.3) is 0 Å². The van der Waals surface area contributed by atoms with Gasteiger partial charge in [0.15, 0.2) is 5.11 Å². The molecule has 0 saturated carbocycles. The van der Waals surface area contributed by atoms with Crippen molar-refractivity contribution in [3.8, 4) is 0 Å². The summed E-state index contributed by atoms with van der Waals surface area (Å²) in [6.07, 6.45) is 3.25. The number of anilines is 1. The molecule has 0 bridgehead atoms. The fourth-order valence-corrected chi connectivity index (χ4v) is 2.48. The monoisotopic (exact) mass is 296 g/mol. The highest BCUT2D eigenvalue weighted by Gasteiger charge is 2.17.